The topological polar surface area (TPSA) is 57.3 Å². The predicted octanol–water partition coefficient (Wildman–Crippen LogP) is 4.17. The molecule has 2 heterocycles. The number of ether oxygens (including phenoxy) is 1. The van der Waals surface area contributed by atoms with Gasteiger partial charge < -0.3 is 9.15 Å². The third kappa shape index (κ3) is 2.80. The van der Waals surface area contributed by atoms with Crippen LogP contribution in [0.5, 0.6) is 5.75 Å². The first-order chi connectivity index (χ1) is 12.3. The van der Waals surface area contributed by atoms with Gasteiger partial charge in [-0.05, 0) is 29.8 Å². The Kier molecular flexibility index (Phi) is 3.82. The van der Waals surface area contributed by atoms with Gasteiger partial charge in [0.1, 0.15) is 11.4 Å². The Morgan fingerprint density at radius 2 is 1.96 bits per heavy atom. The molecule has 124 valence electrons. The van der Waals surface area contributed by atoms with Crippen molar-refractivity contribution in [2.75, 3.05) is 7.11 Å². The highest BCUT2D eigenvalue weighted by Gasteiger charge is 2.16. The van der Waals surface area contributed by atoms with Gasteiger partial charge in [0.2, 0.25) is 0 Å². The highest BCUT2D eigenvalue weighted by Crippen LogP contribution is 2.31. The fraction of sp³-hybridized carbons (Fsp3) is 0.100. The molecule has 0 spiro atoms. The van der Waals surface area contributed by atoms with Gasteiger partial charge in [-0.15, -0.1) is 0 Å². The predicted molar refractivity (Wildman–Crippen MR) is 94.9 cm³/mol. The molecule has 5 nitrogen and oxygen atoms in total. The summed E-state index contributed by atoms with van der Waals surface area (Å²) in [6, 6.07) is 19.3. The summed E-state index contributed by atoms with van der Waals surface area (Å²) in [5.41, 5.74) is 2.80. The fourth-order valence-electron chi connectivity index (χ4n) is 2.88. The van der Waals surface area contributed by atoms with E-state index >= 15 is 0 Å². The van der Waals surface area contributed by atoms with Crippen LogP contribution in [-0.2, 0) is 6.54 Å². The van der Waals surface area contributed by atoms with Crippen LogP contribution in [0, 0.1) is 0 Å². The lowest BCUT2D eigenvalue weighted by atomic mass is 10.1. The lowest BCUT2D eigenvalue weighted by molar-refractivity contribution is 0.110. The van der Waals surface area contributed by atoms with Crippen LogP contribution >= 0.6 is 0 Å². The lowest BCUT2D eigenvalue weighted by Gasteiger charge is -2.05. The number of methoxy groups -OCH3 is 1. The molecule has 0 amide bonds. The van der Waals surface area contributed by atoms with Crippen molar-refractivity contribution in [1.82, 2.24) is 9.78 Å². The summed E-state index contributed by atoms with van der Waals surface area (Å²) in [7, 11) is 1.64. The van der Waals surface area contributed by atoms with Crippen molar-refractivity contribution in [2.24, 2.45) is 0 Å². The van der Waals surface area contributed by atoms with E-state index in [4.69, 9.17) is 14.3 Å². The third-order valence-electron chi connectivity index (χ3n) is 4.11. The van der Waals surface area contributed by atoms with Gasteiger partial charge in [-0.2, -0.15) is 5.10 Å². The van der Waals surface area contributed by atoms with Crippen molar-refractivity contribution < 1.29 is 13.9 Å². The molecule has 25 heavy (non-hydrogen) atoms. The van der Waals surface area contributed by atoms with Crippen LogP contribution in [0.1, 0.15) is 16.1 Å². The smallest absolute Gasteiger partial charge is 0.185 e. The van der Waals surface area contributed by atoms with Crippen molar-refractivity contribution in [3.8, 4) is 17.2 Å². The van der Waals surface area contributed by atoms with Crippen LogP contribution in [0.2, 0.25) is 0 Å². The van der Waals surface area contributed by atoms with Crippen LogP contribution in [-0.4, -0.2) is 23.2 Å². The molecule has 0 aliphatic rings. The molecule has 0 radical (unpaired) electrons. The summed E-state index contributed by atoms with van der Waals surface area (Å²) in [6.45, 7) is 0.631. The Labute approximate surface area is 144 Å². The van der Waals surface area contributed by atoms with Crippen molar-refractivity contribution in [3.05, 3.63) is 72.0 Å². The Morgan fingerprint density at radius 1 is 1.12 bits per heavy atom. The van der Waals surface area contributed by atoms with Gasteiger partial charge in [0.05, 0.1) is 19.2 Å². The lowest BCUT2D eigenvalue weighted by Crippen LogP contribution is -2.01. The SMILES string of the molecule is COc1ccc2c(-c3ccc(C=O)o3)nn(Cc3ccccc3)c2c1. The maximum atomic E-state index is 10.9. The number of carbonyl (C=O) groups excluding carboxylic acids is 1. The molecule has 0 unspecified atom stereocenters. The number of hydrogen-bond acceptors (Lipinski definition) is 4. The summed E-state index contributed by atoms with van der Waals surface area (Å²) < 4.78 is 12.8. The maximum absolute atomic E-state index is 10.9. The van der Waals surface area contributed by atoms with Gasteiger partial charge in [-0.3, -0.25) is 9.48 Å². The summed E-state index contributed by atoms with van der Waals surface area (Å²) in [6.07, 6.45) is 0.690. The number of nitrogens with zero attached hydrogens (tertiary/aromatic N) is 2. The first kappa shape index (κ1) is 15.2. The van der Waals surface area contributed by atoms with E-state index in [2.05, 4.69) is 12.1 Å². The molecule has 2 aromatic heterocycles. The molecule has 0 atom stereocenters. The zero-order chi connectivity index (χ0) is 17.2. The zero-order valence-corrected chi connectivity index (χ0v) is 13.7. The molecule has 0 fully saturated rings. The fourth-order valence-corrected chi connectivity index (χ4v) is 2.88. The van der Waals surface area contributed by atoms with E-state index in [-0.39, 0.29) is 5.76 Å². The standard InChI is InChI=1S/C20H16N2O3/c1-24-15-7-9-17-18(11-15)22(12-14-5-3-2-4-6-14)21-20(17)19-10-8-16(13-23)25-19/h2-11,13H,12H2,1H3. The van der Waals surface area contributed by atoms with Crippen molar-refractivity contribution >= 4 is 17.2 Å². The summed E-state index contributed by atoms with van der Waals surface area (Å²) in [5, 5.41) is 5.68. The molecule has 0 saturated carbocycles. The van der Waals surface area contributed by atoms with E-state index in [0.29, 0.717) is 24.3 Å². The molecule has 4 aromatic rings. The van der Waals surface area contributed by atoms with E-state index < -0.39 is 0 Å². The molecule has 0 bridgehead atoms. The third-order valence-corrected chi connectivity index (χ3v) is 4.11. The normalized spacial score (nSPS) is 10.9. The zero-order valence-electron chi connectivity index (χ0n) is 13.7. The second-order valence-corrected chi connectivity index (χ2v) is 5.69. The van der Waals surface area contributed by atoms with Crippen LogP contribution in [0.15, 0.2) is 65.1 Å². The monoisotopic (exact) mass is 332 g/mol. The van der Waals surface area contributed by atoms with Gasteiger partial charge >= 0.3 is 0 Å². The molecule has 5 heteroatoms. The minimum Gasteiger partial charge on any atom is -0.497 e. The molecule has 0 N–H and O–H groups in total. The number of carbonyl (C=O) groups is 1. The quantitative estimate of drug-likeness (QED) is 0.515. The average molecular weight is 332 g/mol. The van der Waals surface area contributed by atoms with E-state index in [0.717, 1.165) is 22.2 Å². The molecule has 0 saturated heterocycles. The highest BCUT2D eigenvalue weighted by atomic mass is 16.5. The number of aromatic nitrogens is 2. The first-order valence-corrected chi connectivity index (χ1v) is 7.92. The minimum absolute atomic E-state index is 0.286. The molecule has 2 aromatic carbocycles. The second-order valence-electron chi connectivity index (χ2n) is 5.69. The van der Waals surface area contributed by atoms with E-state index in [1.807, 2.05) is 41.1 Å². The van der Waals surface area contributed by atoms with Crippen molar-refractivity contribution in [2.45, 2.75) is 6.54 Å². The average Bonchev–Trinajstić information content (AvgIpc) is 3.27. The van der Waals surface area contributed by atoms with E-state index in [1.165, 1.54) is 0 Å². The number of fused-ring (bicyclic) bond motifs is 1. The van der Waals surface area contributed by atoms with Crippen LogP contribution in [0.4, 0.5) is 0 Å². The number of benzene rings is 2. The summed E-state index contributed by atoms with van der Waals surface area (Å²) in [4.78, 5) is 10.9. The van der Waals surface area contributed by atoms with Crippen molar-refractivity contribution in [1.29, 1.82) is 0 Å². The molecular formula is C20H16N2O3. The largest absolute Gasteiger partial charge is 0.497 e. The van der Waals surface area contributed by atoms with Gasteiger partial charge in [0.15, 0.2) is 17.8 Å². The Hall–Kier alpha value is -3.34. The number of hydrogen-bond donors (Lipinski definition) is 0. The second kappa shape index (κ2) is 6.28. The molecular weight excluding hydrogens is 316 g/mol. The minimum atomic E-state index is 0.286. The number of furan rings is 1. The Balaban J connectivity index is 1.87. The maximum Gasteiger partial charge on any atom is 0.185 e. The first-order valence-electron chi connectivity index (χ1n) is 7.92. The molecule has 0 aliphatic heterocycles. The molecule has 0 aliphatic carbocycles. The number of rotatable bonds is 5. The van der Waals surface area contributed by atoms with Gasteiger partial charge in [0.25, 0.3) is 0 Å². The van der Waals surface area contributed by atoms with Gasteiger partial charge in [0, 0.05) is 11.5 Å². The molecule has 4 rings (SSSR count). The van der Waals surface area contributed by atoms with Crippen LogP contribution in [0.25, 0.3) is 22.4 Å². The summed E-state index contributed by atoms with van der Waals surface area (Å²) in [5.74, 6) is 1.62. The summed E-state index contributed by atoms with van der Waals surface area (Å²) >= 11 is 0. The van der Waals surface area contributed by atoms with Crippen molar-refractivity contribution in [3.63, 3.8) is 0 Å². The number of aldehydes is 1. The van der Waals surface area contributed by atoms with Gasteiger partial charge in [-0.25, -0.2) is 0 Å². The highest BCUT2D eigenvalue weighted by molar-refractivity contribution is 5.93. The Morgan fingerprint density at radius 3 is 2.68 bits per heavy atom. The van der Waals surface area contributed by atoms with Crippen LogP contribution in [0.3, 0.4) is 0 Å². The van der Waals surface area contributed by atoms with E-state index in [1.54, 1.807) is 19.2 Å². The van der Waals surface area contributed by atoms with Gasteiger partial charge in [-0.1, -0.05) is 30.3 Å². The van der Waals surface area contributed by atoms with E-state index in [9.17, 15) is 4.79 Å². The van der Waals surface area contributed by atoms with Crippen LogP contribution < -0.4 is 4.74 Å². The Bertz CT molecular complexity index is 1030.